The predicted molar refractivity (Wildman–Crippen MR) is 79.9 cm³/mol. The van der Waals surface area contributed by atoms with Gasteiger partial charge in [-0.2, -0.15) is 0 Å². The molecule has 1 spiro atoms. The van der Waals surface area contributed by atoms with Gasteiger partial charge in [0.2, 0.25) is 0 Å². The molecule has 0 bridgehead atoms. The number of nitrogens with two attached hydrogens (primary N) is 1. The monoisotopic (exact) mass is 293 g/mol. The van der Waals surface area contributed by atoms with Crippen molar-refractivity contribution in [2.45, 2.75) is 51.7 Å². The van der Waals surface area contributed by atoms with E-state index in [1.165, 1.54) is 0 Å². The number of ether oxygens (including phenoxy) is 2. The molecule has 3 rings (SSSR count). The highest BCUT2D eigenvalue weighted by atomic mass is 19.1. The molecule has 1 aromatic carbocycles. The van der Waals surface area contributed by atoms with Crippen LogP contribution < -0.4 is 10.5 Å². The molecule has 3 nitrogen and oxygen atoms in total. The fourth-order valence-electron chi connectivity index (χ4n) is 3.37. The van der Waals surface area contributed by atoms with Crippen LogP contribution in [0.1, 0.15) is 50.8 Å². The third-order valence-electron chi connectivity index (χ3n) is 4.24. The quantitative estimate of drug-likeness (QED) is 0.863. The maximum atomic E-state index is 14.5. The van der Waals surface area contributed by atoms with Crippen LogP contribution >= 0.6 is 0 Å². The fourth-order valence-corrected chi connectivity index (χ4v) is 3.37. The molecule has 2 N–H and O–H groups in total. The van der Waals surface area contributed by atoms with Crippen LogP contribution in [0.2, 0.25) is 0 Å². The van der Waals surface area contributed by atoms with Gasteiger partial charge in [0.1, 0.15) is 5.60 Å². The van der Waals surface area contributed by atoms with E-state index in [-0.39, 0.29) is 17.3 Å². The lowest BCUT2D eigenvalue weighted by Crippen LogP contribution is -2.43. The lowest BCUT2D eigenvalue weighted by molar-refractivity contribution is 0.0198. The summed E-state index contributed by atoms with van der Waals surface area (Å²) < 4.78 is 25.9. The third kappa shape index (κ3) is 2.92. The summed E-state index contributed by atoms with van der Waals surface area (Å²) in [6, 6.07) is 3.41. The first-order chi connectivity index (χ1) is 9.78. The minimum absolute atomic E-state index is 0.112. The summed E-state index contributed by atoms with van der Waals surface area (Å²) in [5, 5.41) is 0. The molecular weight excluding hydrogens is 269 g/mol. The third-order valence-corrected chi connectivity index (χ3v) is 4.24. The van der Waals surface area contributed by atoms with E-state index in [2.05, 4.69) is 20.8 Å². The average molecular weight is 293 g/mol. The largest absolute Gasteiger partial charge is 0.481 e. The molecule has 1 aromatic rings. The zero-order chi connectivity index (χ0) is 15.3. The van der Waals surface area contributed by atoms with Crippen molar-refractivity contribution in [3.05, 3.63) is 29.1 Å². The fraction of sp³-hybridized carbons (Fsp3) is 0.647. The van der Waals surface area contributed by atoms with Crippen molar-refractivity contribution in [1.82, 2.24) is 0 Å². The molecule has 0 radical (unpaired) electrons. The highest BCUT2D eigenvalue weighted by Crippen LogP contribution is 2.44. The van der Waals surface area contributed by atoms with Gasteiger partial charge >= 0.3 is 0 Å². The van der Waals surface area contributed by atoms with E-state index in [4.69, 9.17) is 15.2 Å². The van der Waals surface area contributed by atoms with Gasteiger partial charge in [-0.05, 0) is 23.5 Å². The van der Waals surface area contributed by atoms with Crippen molar-refractivity contribution in [2.24, 2.45) is 11.1 Å². The number of rotatable bonds is 1. The van der Waals surface area contributed by atoms with Crippen molar-refractivity contribution in [3.8, 4) is 5.75 Å². The second-order valence-corrected chi connectivity index (χ2v) is 7.63. The van der Waals surface area contributed by atoms with Gasteiger partial charge in [0.15, 0.2) is 11.6 Å². The number of benzene rings is 1. The van der Waals surface area contributed by atoms with Crippen molar-refractivity contribution in [3.63, 3.8) is 0 Å². The minimum atomic E-state index is -0.432. The Bertz CT molecular complexity index is 544. The Morgan fingerprint density at radius 3 is 2.76 bits per heavy atom. The molecule has 0 saturated carbocycles. The topological polar surface area (TPSA) is 44.5 Å². The van der Waals surface area contributed by atoms with E-state index in [1.54, 1.807) is 6.07 Å². The molecule has 2 atom stereocenters. The van der Waals surface area contributed by atoms with Crippen LogP contribution in [0.15, 0.2) is 12.1 Å². The van der Waals surface area contributed by atoms with Gasteiger partial charge in [-0.25, -0.2) is 4.39 Å². The standard InChI is InChI=1S/C17H24FNO2/c1-16(2,3)8-11-6-12-14(19)9-17(4-5-20-10-17)21-15(12)13(18)7-11/h6-7,14H,4-5,8-10,19H2,1-3H3/t14-,17-/m0/s1. The summed E-state index contributed by atoms with van der Waals surface area (Å²) in [5.41, 5.74) is 7.76. The second kappa shape index (κ2) is 4.96. The molecule has 1 fully saturated rings. The summed E-state index contributed by atoms with van der Waals surface area (Å²) in [6.07, 6.45) is 2.29. The van der Waals surface area contributed by atoms with Crippen molar-refractivity contribution in [1.29, 1.82) is 0 Å². The zero-order valence-electron chi connectivity index (χ0n) is 13.0. The van der Waals surface area contributed by atoms with Gasteiger partial charge in [-0.3, -0.25) is 0 Å². The highest BCUT2D eigenvalue weighted by molar-refractivity contribution is 5.43. The first-order valence-electron chi connectivity index (χ1n) is 7.63. The normalized spacial score (nSPS) is 28.5. The Kier molecular flexibility index (Phi) is 3.49. The summed E-state index contributed by atoms with van der Waals surface area (Å²) in [5.74, 6) is 0.0325. The van der Waals surface area contributed by atoms with Gasteiger partial charge in [0, 0.05) is 24.4 Å². The Balaban J connectivity index is 1.96. The van der Waals surface area contributed by atoms with Crippen molar-refractivity contribution < 1.29 is 13.9 Å². The van der Waals surface area contributed by atoms with Crippen LogP contribution in [0, 0.1) is 11.2 Å². The smallest absolute Gasteiger partial charge is 0.165 e. The lowest BCUT2D eigenvalue weighted by atomic mass is 9.83. The summed E-state index contributed by atoms with van der Waals surface area (Å²) in [6.45, 7) is 7.60. The number of halogens is 1. The van der Waals surface area contributed by atoms with Crippen molar-refractivity contribution in [2.75, 3.05) is 13.2 Å². The summed E-state index contributed by atoms with van der Waals surface area (Å²) in [7, 11) is 0. The minimum Gasteiger partial charge on any atom is -0.481 e. The summed E-state index contributed by atoms with van der Waals surface area (Å²) >= 11 is 0. The first kappa shape index (κ1) is 14.8. The number of hydrogen-bond donors (Lipinski definition) is 1. The number of fused-ring (bicyclic) bond motifs is 1. The van der Waals surface area contributed by atoms with E-state index in [0.29, 0.717) is 25.4 Å². The van der Waals surface area contributed by atoms with Crippen LogP contribution in [0.25, 0.3) is 0 Å². The summed E-state index contributed by atoms with van der Waals surface area (Å²) in [4.78, 5) is 0. The second-order valence-electron chi connectivity index (χ2n) is 7.63. The zero-order valence-corrected chi connectivity index (χ0v) is 13.0. The Hall–Kier alpha value is -1.13. The Morgan fingerprint density at radius 1 is 1.38 bits per heavy atom. The van der Waals surface area contributed by atoms with Crippen LogP contribution in [-0.2, 0) is 11.2 Å². The molecule has 0 aromatic heterocycles. The van der Waals surface area contributed by atoms with Gasteiger partial charge in [-0.1, -0.05) is 26.8 Å². The molecule has 21 heavy (non-hydrogen) atoms. The van der Waals surface area contributed by atoms with Crippen molar-refractivity contribution >= 4 is 0 Å². The SMILES string of the molecule is CC(C)(C)Cc1cc(F)c2c(c1)[C@@H](N)C[C@]1(CCOC1)O2. The van der Waals surface area contributed by atoms with Gasteiger partial charge in [-0.15, -0.1) is 0 Å². The lowest BCUT2D eigenvalue weighted by Gasteiger charge is -2.38. The molecule has 0 aliphatic carbocycles. The highest BCUT2D eigenvalue weighted by Gasteiger charge is 2.44. The molecule has 0 unspecified atom stereocenters. The molecule has 0 amide bonds. The predicted octanol–water partition coefficient (Wildman–Crippen LogP) is 3.36. The van der Waals surface area contributed by atoms with E-state index in [1.807, 2.05) is 6.07 Å². The van der Waals surface area contributed by atoms with Crippen LogP contribution in [0.4, 0.5) is 4.39 Å². The van der Waals surface area contributed by atoms with Gasteiger partial charge in [0.25, 0.3) is 0 Å². The van der Waals surface area contributed by atoms with E-state index < -0.39 is 5.60 Å². The molecule has 2 heterocycles. The first-order valence-corrected chi connectivity index (χ1v) is 7.63. The average Bonchev–Trinajstić information content (AvgIpc) is 2.77. The van der Waals surface area contributed by atoms with Crippen LogP contribution in [-0.4, -0.2) is 18.8 Å². The maximum absolute atomic E-state index is 14.5. The molecule has 116 valence electrons. The van der Waals surface area contributed by atoms with Gasteiger partial charge in [0.05, 0.1) is 13.2 Å². The molecular formula is C17H24FNO2. The maximum Gasteiger partial charge on any atom is 0.165 e. The molecule has 2 aliphatic heterocycles. The number of hydrogen-bond acceptors (Lipinski definition) is 3. The van der Waals surface area contributed by atoms with E-state index >= 15 is 0 Å². The van der Waals surface area contributed by atoms with E-state index in [0.717, 1.165) is 24.0 Å². The van der Waals surface area contributed by atoms with Gasteiger partial charge < -0.3 is 15.2 Å². The van der Waals surface area contributed by atoms with E-state index in [9.17, 15) is 4.39 Å². The Labute approximate surface area is 125 Å². The molecule has 4 heteroatoms. The Morgan fingerprint density at radius 2 is 2.14 bits per heavy atom. The van der Waals surface area contributed by atoms with Crippen LogP contribution in [0.5, 0.6) is 5.75 Å². The molecule has 2 aliphatic rings. The molecule has 1 saturated heterocycles. The van der Waals surface area contributed by atoms with Crippen LogP contribution in [0.3, 0.4) is 0 Å².